The van der Waals surface area contributed by atoms with Crippen LogP contribution >= 0.6 is 0 Å². The molecular weight excluding hydrogens is 236 g/mol. The Kier molecular flexibility index (Phi) is 5.13. The average molecular weight is 258 g/mol. The summed E-state index contributed by atoms with van der Waals surface area (Å²) >= 11 is 0. The molecule has 0 aromatic heterocycles. The highest BCUT2D eigenvalue weighted by atomic mass is 16.2. The Morgan fingerprint density at radius 3 is 2.21 bits per heavy atom. The molecule has 1 N–H and O–H groups in total. The predicted molar refractivity (Wildman–Crippen MR) is 78.4 cm³/mol. The van der Waals surface area contributed by atoms with Crippen LogP contribution in [0.1, 0.15) is 60.9 Å². The van der Waals surface area contributed by atoms with Crippen LogP contribution in [0.25, 0.3) is 0 Å². The van der Waals surface area contributed by atoms with Gasteiger partial charge in [-0.15, -0.1) is 0 Å². The van der Waals surface area contributed by atoms with E-state index in [4.69, 9.17) is 0 Å². The first-order chi connectivity index (χ1) is 9.25. The van der Waals surface area contributed by atoms with Gasteiger partial charge in [0.15, 0.2) is 0 Å². The second kappa shape index (κ2) is 7.07. The van der Waals surface area contributed by atoms with Gasteiger partial charge in [-0.25, -0.2) is 5.43 Å². The summed E-state index contributed by atoms with van der Waals surface area (Å²) in [6, 6.07) is 7.56. The van der Waals surface area contributed by atoms with Crippen molar-refractivity contribution in [1.29, 1.82) is 0 Å². The van der Waals surface area contributed by atoms with Gasteiger partial charge in [0.25, 0.3) is 5.91 Å². The van der Waals surface area contributed by atoms with E-state index in [1.54, 1.807) is 0 Å². The summed E-state index contributed by atoms with van der Waals surface area (Å²) in [7, 11) is 0. The first-order valence-electron chi connectivity index (χ1n) is 7.18. The van der Waals surface area contributed by atoms with Crippen molar-refractivity contribution in [2.75, 3.05) is 0 Å². The Morgan fingerprint density at radius 1 is 1.00 bits per heavy atom. The second-order valence-electron chi connectivity index (χ2n) is 5.25. The van der Waals surface area contributed by atoms with Gasteiger partial charge in [-0.3, -0.25) is 4.79 Å². The summed E-state index contributed by atoms with van der Waals surface area (Å²) in [5.41, 5.74) is 5.65. The fraction of sp³-hybridized carbons (Fsp3) is 0.500. The molecular formula is C16H22N2O. The summed E-state index contributed by atoms with van der Waals surface area (Å²) in [6.07, 6.45) is 8.33. The molecule has 0 bridgehead atoms. The van der Waals surface area contributed by atoms with Crippen molar-refractivity contribution in [3.8, 4) is 0 Å². The number of rotatable bonds is 2. The van der Waals surface area contributed by atoms with Gasteiger partial charge in [0.2, 0.25) is 0 Å². The molecule has 0 atom stereocenters. The quantitative estimate of drug-likeness (QED) is 0.805. The van der Waals surface area contributed by atoms with Crippen LogP contribution in [0.15, 0.2) is 29.4 Å². The third-order valence-electron chi connectivity index (χ3n) is 3.56. The van der Waals surface area contributed by atoms with E-state index in [1.165, 1.54) is 32.1 Å². The Morgan fingerprint density at radius 2 is 1.58 bits per heavy atom. The molecule has 3 nitrogen and oxygen atoms in total. The Balaban J connectivity index is 1.92. The number of hydrogen-bond acceptors (Lipinski definition) is 2. The molecule has 1 aromatic carbocycles. The van der Waals surface area contributed by atoms with Crippen LogP contribution in [-0.2, 0) is 0 Å². The number of nitrogens with one attached hydrogen (secondary N) is 1. The molecule has 0 unspecified atom stereocenters. The molecule has 1 saturated carbocycles. The number of hydrogen-bond donors (Lipinski definition) is 1. The van der Waals surface area contributed by atoms with Crippen LogP contribution in [0.3, 0.4) is 0 Å². The van der Waals surface area contributed by atoms with Crippen LogP contribution in [0.5, 0.6) is 0 Å². The van der Waals surface area contributed by atoms with E-state index >= 15 is 0 Å². The predicted octanol–water partition coefficient (Wildman–Crippen LogP) is 3.83. The number of aryl methyl sites for hydroxylation is 1. The lowest BCUT2D eigenvalue weighted by Gasteiger charge is -2.11. The van der Waals surface area contributed by atoms with Gasteiger partial charge in [0.1, 0.15) is 0 Å². The third kappa shape index (κ3) is 4.51. The zero-order valence-corrected chi connectivity index (χ0v) is 11.6. The third-order valence-corrected chi connectivity index (χ3v) is 3.56. The Labute approximate surface area is 115 Å². The molecule has 1 aliphatic carbocycles. The van der Waals surface area contributed by atoms with E-state index in [9.17, 15) is 4.79 Å². The highest BCUT2D eigenvalue weighted by molar-refractivity contribution is 5.95. The number of hydrazone groups is 1. The van der Waals surface area contributed by atoms with Gasteiger partial charge in [-0.05, 0) is 44.7 Å². The largest absolute Gasteiger partial charge is 0.271 e. The first kappa shape index (κ1) is 13.8. The van der Waals surface area contributed by atoms with Gasteiger partial charge in [-0.2, -0.15) is 5.10 Å². The van der Waals surface area contributed by atoms with Crippen LogP contribution < -0.4 is 5.43 Å². The van der Waals surface area contributed by atoms with Crippen molar-refractivity contribution in [1.82, 2.24) is 5.43 Å². The fourth-order valence-electron chi connectivity index (χ4n) is 2.32. The number of benzene rings is 1. The van der Waals surface area contributed by atoms with E-state index < -0.39 is 0 Å². The first-order valence-corrected chi connectivity index (χ1v) is 7.18. The maximum Gasteiger partial charge on any atom is 0.271 e. The lowest BCUT2D eigenvalue weighted by atomic mass is 9.99. The lowest BCUT2D eigenvalue weighted by Crippen LogP contribution is -2.20. The molecule has 0 spiro atoms. The number of amides is 1. The minimum Gasteiger partial charge on any atom is -0.267 e. The fourth-order valence-corrected chi connectivity index (χ4v) is 2.32. The topological polar surface area (TPSA) is 41.5 Å². The van der Waals surface area contributed by atoms with Crippen molar-refractivity contribution in [2.24, 2.45) is 5.10 Å². The Hall–Kier alpha value is -1.64. The lowest BCUT2D eigenvalue weighted by molar-refractivity contribution is 0.0954. The summed E-state index contributed by atoms with van der Waals surface area (Å²) in [4.78, 5) is 11.9. The molecule has 1 aliphatic rings. The van der Waals surface area contributed by atoms with E-state index in [2.05, 4.69) is 10.5 Å². The van der Waals surface area contributed by atoms with Gasteiger partial charge in [-0.1, -0.05) is 37.0 Å². The minimum atomic E-state index is -0.116. The van der Waals surface area contributed by atoms with Crippen LogP contribution in [-0.4, -0.2) is 11.6 Å². The Bertz CT molecular complexity index is 438. The maximum absolute atomic E-state index is 11.9. The van der Waals surface area contributed by atoms with Gasteiger partial charge >= 0.3 is 0 Å². The normalized spacial score (nSPS) is 16.4. The van der Waals surface area contributed by atoms with E-state index in [-0.39, 0.29) is 5.91 Å². The zero-order valence-electron chi connectivity index (χ0n) is 11.6. The number of carbonyl (C=O) groups is 1. The molecule has 1 fully saturated rings. The van der Waals surface area contributed by atoms with Crippen molar-refractivity contribution < 1.29 is 4.79 Å². The van der Waals surface area contributed by atoms with E-state index in [1.807, 2.05) is 31.2 Å². The second-order valence-corrected chi connectivity index (χ2v) is 5.25. The maximum atomic E-state index is 11.9. The van der Waals surface area contributed by atoms with Crippen LogP contribution in [0, 0.1) is 6.92 Å². The van der Waals surface area contributed by atoms with Gasteiger partial charge in [0, 0.05) is 11.3 Å². The van der Waals surface area contributed by atoms with Crippen LogP contribution in [0.2, 0.25) is 0 Å². The minimum absolute atomic E-state index is 0.116. The van der Waals surface area contributed by atoms with E-state index in [0.717, 1.165) is 24.1 Å². The molecule has 1 amide bonds. The van der Waals surface area contributed by atoms with Crippen molar-refractivity contribution in [3.63, 3.8) is 0 Å². The monoisotopic (exact) mass is 258 g/mol. The molecule has 0 saturated heterocycles. The number of carbonyl (C=O) groups excluding carboxylic acids is 1. The van der Waals surface area contributed by atoms with E-state index in [0.29, 0.717) is 5.56 Å². The standard InChI is InChI=1S/C16H22N2O/c1-13-9-11-14(12-10-13)16(19)18-17-15-7-5-3-2-4-6-8-15/h9-12H,2-8H2,1H3,(H,18,19). The van der Waals surface area contributed by atoms with Gasteiger partial charge in [0.05, 0.1) is 0 Å². The summed E-state index contributed by atoms with van der Waals surface area (Å²) < 4.78 is 0. The van der Waals surface area contributed by atoms with Crippen LogP contribution in [0.4, 0.5) is 0 Å². The van der Waals surface area contributed by atoms with Crippen molar-refractivity contribution in [3.05, 3.63) is 35.4 Å². The summed E-state index contributed by atoms with van der Waals surface area (Å²) in [6.45, 7) is 2.01. The molecule has 2 rings (SSSR count). The molecule has 0 aliphatic heterocycles. The van der Waals surface area contributed by atoms with Gasteiger partial charge < -0.3 is 0 Å². The van der Waals surface area contributed by atoms with Crippen molar-refractivity contribution >= 4 is 11.6 Å². The highest BCUT2D eigenvalue weighted by Crippen LogP contribution is 2.14. The smallest absolute Gasteiger partial charge is 0.267 e. The zero-order chi connectivity index (χ0) is 13.5. The highest BCUT2D eigenvalue weighted by Gasteiger charge is 2.07. The molecule has 0 radical (unpaired) electrons. The molecule has 3 heteroatoms. The number of nitrogens with zero attached hydrogens (tertiary/aromatic N) is 1. The molecule has 19 heavy (non-hydrogen) atoms. The average Bonchev–Trinajstić information content (AvgIpc) is 2.38. The van der Waals surface area contributed by atoms with Crippen molar-refractivity contribution in [2.45, 2.75) is 51.9 Å². The molecule has 1 aromatic rings. The summed E-state index contributed by atoms with van der Waals surface area (Å²) in [5, 5.41) is 4.30. The SMILES string of the molecule is Cc1ccc(C(=O)NN=C2CCCCCCC2)cc1. The molecule has 0 heterocycles. The summed E-state index contributed by atoms with van der Waals surface area (Å²) in [5.74, 6) is -0.116. The molecule has 102 valence electrons.